The van der Waals surface area contributed by atoms with Crippen LogP contribution < -0.4 is 14.5 Å². The molecule has 0 saturated heterocycles. The minimum absolute atomic E-state index is 0.128. The van der Waals surface area contributed by atoms with Crippen molar-refractivity contribution in [3.63, 3.8) is 0 Å². The van der Waals surface area contributed by atoms with Crippen LogP contribution in [-0.4, -0.2) is 37.5 Å². The first kappa shape index (κ1) is 20.5. The first-order valence-electron chi connectivity index (χ1n) is 9.69. The van der Waals surface area contributed by atoms with Crippen LogP contribution in [0.3, 0.4) is 0 Å². The average molecular weight is 394 g/mol. The van der Waals surface area contributed by atoms with Gasteiger partial charge in [0.25, 0.3) is 5.91 Å². The van der Waals surface area contributed by atoms with E-state index in [4.69, 9.17) is 4.74 Å². The molecule has 6 nitrogen and oxygen atoms in total. The molecule has 2 aromatic rings. The van der Waals surface area contributed by atoms with Gasteiger partial charge in [0.1, 0.15) is 5.75 Å². The first-order chi connectivity index (χ1) is 13.9. The predicted molar refractivity (Wildman–Crippen MR) is 114 cm³/mol. The van der Waals surface area contributed by atoms with Crippen LogP contribution in [0.2, 0.25) is 0 Å². The molecular weight excluding hydrogens is 368 g/mol. The third-order valence-corrected chi connectivity index (χ3v) is 4.96. The molecule has 2 aromatic carbocycles. The summed E-state index contributed by atoms with van der Waals surface area (Å²) in [7, 11) is 3.87. The fraction of sp³-hybridized carbons (Fsp3) is 0.304. The highest BCUT2D eigenvalue weighted by Gasteiger charge is 2.43. The maximum absolute atomic E-state index is 13.0. The maximum atomic E-state index is 13.0. The normalized spacial score (nSPS) is 16.3. The highest BCUT2D eigenvalue weighted by molar-refractivity contribution is 6.16. The number of anilines is 2. The molecular formula is C23H26N2O4. The Bertz CT molecular complexity index is 948. The summed E-state index contributed by atoms with van der Waals surface area (Å²) in [5, 5.41) is 10.6. The number of carbonyl (C=O) groups is 2. The van der Waals surface area contributed by atoms with Crippen molar-refractivity contribution in [2.24, 2.45) is 0 Å². The number of carbonyl (C=O) groups excluding carboxylic acids is 2. The molecule has 0 spiro atoms. The number of amides is 1. The second kappa shape index (κ2) is 8.39. The summed E-state index contributed by atoms with van der Waals surface area (Å²) in [4.78, 5) is 29.1. The van der Waals surface area contributed by atoms with Crippen molar-refractivity contribution in [1.82, 2.24) is 0 Å². The highest BCUT2D eigenvalue weighted by Crippen LogP contribution is 2.42. The topological polar surface area (TPSA) is 70.1 Å². The fourth-order valence-corrected chi connectivity index (χ4v) is 3.51. The van der Waals surface area contributed by atoms with Crippen LogP contribution in [0, 0.1) is 0 Å². The van der Waals surface area contributed by atoms with E-state index in [9.17, 15) is 14.7 Å². The molecule has 1 N–H and O–H groups in total. The zero-order valence-electron chi connectivity index (χ0n) is 17.2. The highest BCUT2D eigenvalue weighted by atomic mass is 16.5. The van der Waals surface area contributed by atoms with Gasteiger partial charge in [0.05, 0.1) is 18.2 Å². The molecule has 0 aromatic heterocycles. The zero-order valence-corrected chi connectivity index (χ0v) is 17.2. The maximum Gasteiger partial charge on any atom is 0.294 e. The van der Waals surface area contributed by atoms with Crippen molar-refractivity contribution >= 4 is 23.1 Å². The Hall–Kier alpha value is -3.28. The lowest BCUT2D eigenvalue weighted by molar-refractivity contribution is -0.118. The van der Waals surface area contributed by atoms with E-state index in [1.54, 1.807) is 6.92 Å². The summed E-state index contributed by atoms with van der Waals surface area (Å²) in [6.07, 6.45) is 0.196. The monoisotopic (exact) mass is 394 g/mol. The van der Waals surface area contributed by atoms with Gasteiger partial charge in [0.15, 0.2) is 11.5 Å². The minimum Gasteiger partial charge on any atom is -0.503 e. The number of benzene rings is 2. The number of aliphatic hydroxyl groups is 1. The number of Topliss-reactive ketones (excluding diaryl/α,β-unsaturated/α-hetero) is 1. The lowest BCUT2D eigenvalue weighted by Gasteiger charge is -2.27. The summed E-state index contributed by atoms with van der Waals surface area (Å²) >= 11 is 0. The number of aliphatic hydroxyl groups excluding tert-OH is 1. The number of hydrogen-bond donors (Lipinski definition) is 1. The molecule has 1 aliphatic heterocycles. The van der Waals surface area contributed by atoms with Crippen molar-refractivity contribution < 1.29 is 19.4 Å². The minimum atomic E-state index is -0.708. The summed E-state index contributed by atoms with van der Waals surface area (Å²) in [6.45, 7) is 4.11. The number of rotatable bonds is 7. The third kappa shape index (κ3) is 3.83. The molecule has 0 radical (unpaired) electrons. The predicted octanol–water partition coefficient (Wildman–Crippen LogP) is 4.03. The Balaban J connectivity index is 2.12. The van der Waals surface area contributed by atoms with Gasteiger partial charge >= 0.3 is 0 Å². The lowest BCUT2D eigenvalue weighted by Crippen LogP contribution is -2.31. The number of nitrogens with zero attached hydrogens (tertiary/aromatic N) is 2. The molecule has 29 heavy (non-hydrogen) atoms. The van der Waals surface area contributed by atoms with Gasteiger partial charge in [0, 0.05) is 31.9 Å². The van der Waals surface area contributed by atoms with Crippen LogP contribution in [0.1, 0.15) is 31.9 Å². The fourth-order valence-electron chi connectivity index (χ4n) is 3.51. The second-order valence-corrected chi connectivity index (χ2v) is 7.03. The molecule has 0 fully saturated rings. The standard InChI is InChI=1S/C23H26N2O4/c1-5-19(26)20-21(15-8-7-9-18(14-15)29-6-2)25(23(28)22(20)27)17-12-10-16(11-13-17)24(3)4/h7-14,21,27H,5-6H2,1-4H3. The van der Waals surface area contributed by atoms with Crippen molar-refractivity contribution in [2.45, 2.75) is 26.3 Å². The molecule has 152 valence electrons. The van der Waals surface area contributed by atoms with E-state index in [1.807, 2.05) is 74.4 Å². The van der Waals surface area contributed by atoms with Gasteiger partial charge in [-0.3, -0.25) is 14.5 Å². The van der Waals surface area contributed by atoms with Gasteiger partial charge in [-0.1, -0.05) is 19.1 Å². The van der Waals surface area contributed by atoms with Gasteiger partial charge in [0.2, 0.25) is 0 Å². The number of ether oxygens (including phenoxy) is 1. The van der Waals surface area contributed by atoms with Gasteiger partial charge in [-0.05, 0) is 48.9 Å². The van der Waals surface area contributed by atoms with Crippen LogP contribution in [0.25, 0.3) is 0 Å². The molecule has 1 heterocycles. The van der Waals surface area contributed by atoms with E-state index < -0.39 is 17.7 Å². The number of ketones is 1. The van der Waals surface area contributed by atoms with E-state index in [0.29, 0.717) is 23.6 Å². The molecule has 3 rings (SSSR count). The van der Waals surface area contributed by atoms with E-state index in [0.717, 1.165) is 5.69 Å². The third-order valence-electron chi connectivity index (χ3n) is 4.96. The molecule has 0 aliphatic carbocycles. The SMILES string of the molecule is CCOc1cccc(C2C(C(=O)CC)=C(O)C(=O)N2c2ccc(N(C)C)cc2)c1. The van der Waals surface area contributed by atoms with Crippen LogP contribution in [0.4, 0.5) is 11.4 Å². The summed E-state index contributed by atoms with van der Waals surface area (Å²) in [6, 6.07) is 14.0. The van der Waals surface area contributed by atoms with Gasteiger partial charge in [-0.15, -0.1) is 0 Å². The van der Waals surface area contributed by atoms with Crippen LogP contribution in [0.15, 0.2) is 59.9 Å². The van der Waals surface area contributed by atoms with Crippen molar-refractivity contribution in [3.8, 4) is 5.75 Å². The summed E-state index contributed by atoms with van der Waals surface area (Å²) < 4.78 is 5.59. The van der Waals surface area contributed by atoms with E-state index in [2.05, 4.69) is 0 Å². The average Bonchev–Trinajstić information content (AvgIpc) is 2.99. The molecule has 0 saturated carbocycles. The molecule has 0 bridgehead atoms. The quantitative estimate of drug-likeness (QED) is 0.768. The van der Waals surface area contributed by atoms with Crippen LogP contribution in [-0.2, 0) is 9.59 Å². The Morgan fingerprint density at radius 1 is 1.14 bits per heavy atom. The van der Waals surface area contributed by atoms with E-state index in [1.165, 1.54) is 4.90 Å². The Morgan fingerprint density at radius 2 is 1.83 bits per heavy atom. The Kier molecular flexibility index (Phi) is 5.92. The Labute approximate surface area is 171 Å². The molecule has 1 aliphatic rings. The van der Waals surface area contributed by atoms with Crippen molar-refractivity contribution in [2.75, 3.05) is 30.5 Å². The zero-order chi connectivity index (χ0) is 21.1. The van der Waals surface area contributed by atoms with Crippen LogP contribution >= 0.6 is 0 Å². The lowest BCUT2D eigenvalue weighted by atomic mass is 9.94. The first-order valence-corrected chi connectivity index (χ1v) is 9.69. The van der Waals surface area contributed by atoms with E-state index in [-0.39, 0.29) is 17.8 Å². The number of hydrogen-bond acceptors (Lipinski definition) is 5. The molecule has 1 amide bonds. The molecule has 6 heteroatoms. The molecule has 1 atom stereocenters. The van der Waals surface area contributed by atoms with E-state index >= 15 is 0 Å². The van der Waals surface area contributed by atoms with Crippen molar-refractivity contribution in [3.05, 3.63) is 65.4 Å². The smallest absolute Gasteiger partial charge is 0.294 e. The van der Waals surface area contributed by atoms with Gasteiger partial charge < -0.3 is 14.7 Å². The van der Waals surface area contributed by atoms with Gasteiger partial charge in [-0.2, -0.15) is 0 Å². The largest absolute Gasteiger partial charge is 0.503 e. The summed E-state index contributed by atoms with van der Waals surface area (Å²) in [5.41, 5.74) is 2.43. The van der Waals surface area contributed by atoms with Crippen molar-refractivity contribution in [1.29, 1.82) is 0 Å². The second-order valence-electron chi connectivity index (χ2n) is 7.03. The van der Waals surface area contributed by atoms with Gasteiger partial charge in [-0.25, -0.2) is 0 Å². The van der Waals surface area contributed by atoms with Crippen LogP contribution in [0.5, 0.6) is 5.75 Å². The molecule has 1 unspecified atom stereocenters. The Morgan fingerprint density at radius 3 is 2.41 bits per heavy atom. The summed E-state index contributed by atoms with van der Waals surface area (Å²) in [5.74, 6) is -0.670.